The standard InChI is InChI=1S/C15H17N3O3/c19-14-7-6-12(13-3-1-10-21-13)17-18(14)9-2-8-16-15(20)11-4-5-11/h1,3,6-7,10-11H,2,4-5,8-9H2,(H,16,20). The molecule has 0 radical (unpaired) electrons. The molecule has 0 aromatic carbocycles. The maximum Gasteiger partial charge on any atom is 0.266 e. The number of furan rings is 1. The molecule has 0 bridgehead atoms. The van der Waals surface area contributed by atoms with Crippen LogP contribution < -0.4 is 10.9 Å². The van der Waals surface area contributed by atoms with Gasteiger partial charge in [-0.3, -0.25) is 9.59 Å². The number of rotatable bonds is 6. The lowest BCUT2D eigenvalue weighted by Crippen LogP contribution is -2.28. The van der Waals surface area contributed by atoms with Gasteiger partial charge in [-0.1, -0.05) is 0 Å². The second-order valence-electron chi connectivity index (χ2n) is 5.18. The van der Waals surface area contributed by atoms with Crippen molar-refractivity contribution < 1.29 is 9.21 Å². The van der Waals surface area contributed by atoms with Crippen LogP contribution in [0.2, 0.25) is 0 Å². The molecule has 1 aliphatic carbocycles. The van der Waals surface area contributed by atoms with E-state index in [-0.39, 0.29) is 17.4 Å². The van der Waals surface area contributed by atoms with E-state index in [1.807, 2.05) is 0 Å². The highest BCUT2D eigenvalue weighted by molar-refractivity contribution is 5.80. The van der Waals surface area contributed by atoms with Gasteiger partial charge in [-0.05, 0) is 37.5 Å². The van der Waals surface area contributed by atoms with E-state index in [4.69, 9.17) is 4.42 Å². The molecule has 1 aliphatic rings. The number of aromatic nitrogens is 2. The van der Waals surface area contributed by atoms with Gasteiger partial charge in [0.1, 0.15) is 5.69 Å². The van der Waals surface area contributed by atoms with E-state index in [0.717, 1.165) is 12.8 Å². The number of hydrogen-bond acceptors (Lipinski definition) is 4. The summed E-state index contributed by atoms with van der Waals surface area (Å²) in [5.74, 6) is 0.971. The molecule has 110 valence electrons. The summed E-state index contributed by atoms with van der Waals surface area (Å²) in [6, 6.07) is 6.70. The third kappa shape index (κ3) is 3.39. The van der Waals surface area contributed by atoms with Crippen molar-refractivity contribution in [2.75, 3.05) is 6.54 Å². The Morgan fingerprint density at radius 2 is 2.24 bits per heavy atom. The average molecular weight is 287 g/mol. The lowest BCUT2D eigenvalue weighted by Gasteiger charge is -2.07. The lowest BCUT2D eigenvalue weighted by molar-refractivity contribution is -0.122. The molecule has 0 atom stereocenters. The molecule has 2 aromatic rings. The highest BCUT2D eigenvalue weighted by Crippen LogP contribution is 2.28. The van der Waals surface area contributed by atoms with Gasteiger partial charge in [0.25, 0.3) is 5.56 Å². The smallest absolute Gasteiger partial charge is 0.266 e. The summed E-state index contributed by atoms with van der Waals surface area (Å²) in [5.41, 5.74) is 0.473. The Morgan fingerprint density at radius 1 is 1.38 bits per heavy atom. The van der Waals surface area contributed by atoms with Gasteiger partial charge < -0.3 is 9.73 Å². The number of carbonyl (C=O) groups is 1. The largest absolute Gasteiger partial charge is 0.463 e. The maximum absolute atomic E-state index is 11.8. The summed E-state index contributed by atoms with van der Waals surface area (Å²) in [6.45, 7) is 1.03. The monoisotopic (exact) mass is 287 g/mol. The van der Waals surface area contributed by atoms with Crippen molar-refractivity contribution in [3.63, 3.8) is 0 Å². The van der Waals surface area contributed by atoms with Crippen molar-refractivity contribution in [3.05, 3.63) is 40.9 Å². The molecule has 1 N–H and O–H groups in total. The Labute approximate surface area is 121 Å². The third-order valence-electron chi connectivity index (χ3n) is 3.43. The zero-order valence-corrected chi connectivity index (χ0v) is 11.6. The van der Waals surface area contributed by atoms with E-state index < -0.39 is 0 Å². The number of carbonyl (C=O) groups excluding carboxylic acids is 1. The first-order chi connectivity index (χ1) is 10.2. The van der Waals surface area contributed by atoms with Crippen molar-refractivity contribution in [1.82, 2.24) is 15.1 Å². The third-order valence-corrected chi connectivity index (χ3v) is 3.43. The Morgan fingerprint density at radius 3 is 2.95 bits per heavy atom. The molecular formula is C15H17N3O3. The molecule has 1 fully saturated rings. The van der Waals surface area contributed by atoms with E-state index in [1.165, 1.54) is 10.7 Å². The van der Waals surface area contributed by atoms with Gasteiger partial charge in [-0.25, -0.2) is 4.68 Å². The minimum atomic E-state index is -0.154. The predicted octanol–water partition coefficient (Wildman–Crippen LogP) is 1.42. The van der Waals surface area contributed by atoms with Crippen LogP contribution in [0.25, 0.3) is 11.5 Å². The van der Waals surface area contributed by atoms with Crippen molar-refractivity contribution in [1.29, 1.82) is 0 Å². The second-order valence-corrected chi connectivity index (χ2v) is 5.18. The lowest BCUT2D eigenvalue weighted by atomic mass is 10.3. The van der Waals surface area contributed by atoms with E-state index in [1.54, 1.807) is 24.5 Å². The average Bonchev–Trinajstić information content (AvgIpc) is 3.20. The van der Waals surface area contributed by atoms with E-state index >= 15 is 0 Å². The summed E-state index contributed by atoms with van der Waals surface area (Å²) < 4.78 is 6.67. The number of amides is 1. The first-order valence-corrected chi connectivity index (χ1v) is 7.14. The molecule has 2 heterocycles. The fourth-order valence-corrected chi connectivity index (χ4v) is 2.10. The van der Waals surface area contributed by atoms with Crippen LogP contribution in [0, 0.1) is 5.92 Å². The van der Waals surface area contributed by atoms with Gasteiger partial charge in [0.15, 0.2) is 5.76 Å². The molecular weight excluding hydrogens is 270 g/mol. The number of aryl methyl sites for hydroxylation is 1. The van der Waals surface area contributed by atoms with Crippen LogP contribution in [-0.2, 0) is 11.3 Å². The molecule has 2 aromatic heterocycles. The molecule has 1 saturated carbocycles. The van der Waals surface area contributed by atoms with E-state index in [9.17, 15) is 9.59 Å². The minimum Gasteiger partial charge on any atom is -0.463 e. The fourth-order valence-electron chi connectivity index (χ4n) is 2.10. The normalized spacial score (nSPS) is 14.1. The summed E-state index contributed by atoms with van der Waals surface area (Å²) in [6.07, 6.45) is 4.24. The summed E-state index contributed by atoms with van der Waals surface area (Å²) in [7, 11) is 0. The summed E-state index contributed by atoms with van der Waals surface area (Å²) >= 11 is 0. The number of nitrogens with one attached hydrogen (secondary N) is 1. The molecule has 1 amide bonds. The van der Waals surface area contributed by atoms with Crippen molar-refractivity contribution >= 4 is 5.91 Å². The first-order valence-electron chi connectivity index (χ1n) is 7.14. The van der Waals surface area contributed by atoms with Crippen LogP contribution in [0.15, 0.2) is 39.7 Å². The Kier molecular flexibility index (Phi) is 3.85. The van der Waals surface area contributed by atoms with E-state index in [2.05, 4.69) is 10.4 Å². The van der Waals surface area contributed by atoms with Crippen molar-refractivity contribution in [2.24, 2.45) is 5.92 Å². The Bertz CT molecular complexity index is 672. The predicted molar refractivity (Wildman–Crippen MR) is 76.5 cm³/mol. The summed E-state index contributed by atoms with van der Waals surface area (Å²) in [4.78, 5) is 23.3. The molecule has 0 aliphatic heterocycles. The van der Waals surface area contributed by atoms with Crippen LogP contribution in [0.1, 0.15) is 19.3 Å². The van der Waals surface area contributed by atoms with Gasteiger partial charge in [-0.15, -0.1) is 0 Å². The highest BCUT2D eigenvalue weighted by Gasteiger charge is 2.28. The number of nitrogens with zero attached hydrogens (tertiary/aromatic N) is 2. The van der Waals surface area contributed by atoms with Crippen molar-refractivity contribution in [3.8, 4) is 11.5 Å². The topological polar surface area (TPSA) is 77.1 Å². The molecule has 0 saturated heterocycles. The SMILES string of the molecule is O=C(NCCCn1nc(-c2ccco2)ccc1=O)C1CC1. The Balaban J connectivity index is 1.58. The van der Waals surface area contributed by atoms with Gasteiger partial charge >= 0.3 is 0 Å². The molecule has 3 rings (SSSR count). The van der Waals surface area contributed by atoms with Crippen LogP contribution >= 0.6 is 0 Å². The van der Waals surface area contributed by atoms with E-state index in [0.29, 0.717) is 31.0 Å². The summed E-state index contributed by atoms with van der Waals surface area (Å²) in [5, 5.41) is 7.15. The number of hydrogen-bond donors (Lipinski definition) is 1. The molecule has 6 nitrogen and oxygen atoms in total. The van der Waals surface area contributed by atoms with Crippen LogP contribution in [-0.4, -0.2) is 22.2 Å². The van der Waals surface area contributed by atoms with Gasteiger partial charge in [0.05, 0.1) is 6.26 Å². The van der Waals surface area contributed by atoms with Gasteiger partial charge in [0.2, 0.25) is 5.91 Å². The maximum atomic E-state index is 11.8. The van der Waals surface area contributed by atoms with Gasteiger partial charge in [0, 0.05) is 25.1 Å². The molecule has 21 heavy (non-hydrogen) atoms. The first kappa shape index (κ1) is 13.6. The van der Waals surface area contributed by atoms with Crippen LogP contribution in [0.4, 0.5) is 0 Å². The zero-order chi connectivity index (χ0) is 14.7. The minimum absolute atomic E-state index is 0.125. The molecule has 0 spiro atoms. The van der Waals surface area contributed by atoms with Crippen molar-refractivity contribution in [2.45, 2.75) is 25.8 Å². The quantitative estimate of drug-likeness (QED) is 0.815. The second kappa shape index (κ2) is 5.95. The fraction of sp³-hybridized carbons (Fsp3) is 0.400. The molecule has 0 unspecified atom stereocenters. The van der Waals surface area contributed by atoms with Crippen LogP contribution in [0.5, 0.6) is 0 Å². The van der Waals surface area contributed by atoms with Crippen LogP contribution in [0.3, 0.4) is 0 Å². The van der Waals surface area contributed by atoms with Gasteiger partial charge in [-0.2, -0.15) is 5.10 Å². The molecule has 6 heteroatoms. The Hall–Kier alpha value is -2.37. The zero-order valence-electron chi connectivity index (χ0n) is 11.6. The highest BCUT2D eigenvalue weighted by atomic mass is 16.3.